The third kappa shape index (κ3) is 2.92. The molecule has 0 aliphatic heterocycles. The van der Waals surface area contributed by atoms with Crippen LogP contribution in [-0.4, -0.2) is 28.0 Å². The number of rotatable bonds is 4. The number of nitrogens with zero attached hydrogens (tertiary/aromatic N) is 2. The van der Waals surface area contributed by atoms with Crippen molar-refractivity contribution in [1.29, 1.82) is 0 Å². The van der Waals surface area contributed by atoms with Gasteiger partial charge in [-0.1, -0.05) is 11.6 Å². The summed E-state index contributed by atoms with van der Waals surface area (Å²) in [5, 5.41) is 3.56. The Hall–Kier alpha value is -0.680. The number of nitrogen functional groups attached to an aromatic ring is 1. The van der Waals surface area contributed by atoms with Crippen molar-refractivity contribution in [3.63, 3.8) is 0 Å². The second-order valence-electron chi connectivity index (χ2n) is 2.92. The van der Waals surface area contributed by atoms with E-state index >= 15 is 0 Å². The molecule has 0 aromatic carbocycles. The zero-order chi connectivity index (χ0) is 10.6. The fourth-order valence-corrected chi connectivity index (χ4v) is 1.74. The summed E-state index contributed by atoms with van der Waals surface area (Å²) in [4.78, 5) is 7.80. The predicted octanol–water partition coefficient (Wildman–Crippen LogP) is 1.88. The number of halogens is 1. The Labute approximate surface area is 92.6 Å². The number of thioether (sulfide) groups is 1. The molecule has 0 bridgehead atoms. The van der Waals surface area contributed by atoms with Crippen molar-refractivity contribution in [1.82, 2.24) is 9.97 Å². The topological polar surface area (TPSA) is 63.8 Å². The molecule has 1 heterocycles. The van der Waals surface area contributed by atoms with Crippen LogP contribution in [0.1, 0.15) is 6.92 Å². The highest BCUT2D eigenvalue weighted by Gasteiger charge is 2.08. The molecule has 0 aliphatic carbocycles. The van der Waals surface area contributed by atoms with Crippen LogP contribution in [0.2, 0.25) is 5.02 Å². The monoisotopic (exact) mass is 232 g/mol. The Morgan fingerprint density at radius 1 is 1.64 bits per heavy atom. The molecule has 1 aromatic rings. The standard InChI is InChI=1S/C8H13ClN4S/c1-5(3-14-2)13-8-6(9)7(10)11-4-12-8/h4-5H,3H2,1-2H3,(H3,10,11,12,13)/t5-/m0/s1. The molecule has 1 atom stereocenters. The van der Waals surface area contributed by atoms with Gasteiger partial charge in [-0.05, 0) is 13.2 Å². The van der Waals surface area contributed by atoms with E-state index in [1.165, 1.54) is 6.33 Å². The zero-order valence-corrected chi connectivity index (χ0v) is 9.69. The molecule has 3 N–H and O–H groups in total. The molecule has 4 nitrogen and oxygen atoms in total. The predicted molar refractivity (Wildman–Crippen MR) is 62.9 cm³/mol. The van der Waals surface area contributed by atoms with E-state index in [1.807, 2.05) is 6.26 Å². The molecule has 0 saturated carbocycles. The highest BCUT2D eigenvalue weighted by molar-refractivity contribution is 7.98. The molecule has 0 fully saturated rings. The summed E-state index contributed by atoms with van der Waals surface area (Å²) >= 11 is 7.68. The quantitative estimate of drug-likeness (QED) is 0.830. The Kier molecular flexibility index (Phi) is 4.28. The van der Waals surface area contributed by atoms with Gasteiger partial charge < -0.3 is 11.1 Å². The van der Waals surface area contributed by atoms with E-state index < -0.39 is 0 Å². The van der Waals surface area contributed by atoms with Crippen LogP contribution in [0.25, 0.3) is 0 Å². The first-order valence-electron chi connectivity index (χ1n) is 4.16. The van der Waals surface area contributed by atoms with E-state index in [0.717, 1.165) is 5.75 Å². The van der Waals surface area contributed by atoms with Gasteiger partial charge >= 0.3 is 0 Å². The first-order chi connectivity index (χ1) is 6.65. The summed E-state index contributed by atoms with van der Waals surface area (Å²) in [6, 6.07) is 0.303. The molecule has 1 rings (SSSR count). The molecular formula is C8H13ClN4S. The highest BCUT2D eigenvalue weighted by Crippen LogP contribution is 2.23. The van der Waals surface area contributed by atoms with E-state index in [4.69, 9.17) is 17.3 Å². The minimum absolute atomic E-state index is 0.303. The zero-order valence-electron chi connectivity index (χ0n) is 8.12. The molecule has 0 saturated heterocycles. The third-order valence-electron chi connectivity index (χ3n) is 1.62. The van der Waals surface area contributed by atoms with E-state index in [2.05, 4.69) is 22.2 Å². The summed E-state index contributed by atoms with van der Waals surface area (Å²) in [7, 11) is 0. The van der Waals surface area contributed by atoms with Crippen molar-refractivity contribution in [2.24, 2.45) is 0 Å². The molecule has 14 heavy (non-hydrogen) atoms. The summed E-state index contributed by atoms with van der Waals surface area (Å²) in [6.07, 6.45) is 3.45. The maximum atomic E-state index is 5.92. The number of anilines is 2. The van der Waals surface area contributed by atoms with Gasteiger partial charge in [0.05, 0.1) is 0 Å². The first kappa shape index (κ1) is 11.4. The number of hydrogen-bond acceptors (Lipinski definition) is 5. The van der Waals surface area contributed by atoms with Crippen molar-refractivity contribution in [2.75, 3.05) is 23.1 Å². The van der Waals surface area contributed by atoms with Gasteiger partial charge in [-0.2, -0.15) is 11.8 Å². The van der Waals surface area contributed by atoms with Crippen LogP contribution < -0.4 is 11.1 Å². The second-order valence-corrected chi connectivity index (χ2v) is 4.21. The minimum atomic E-state index is 0.303. The Morgan fingerprint density at radius 3 is 3.00 bits per heavy atom. The van der Waals surface area contributed by atoms with Gasteiger partial charge in [0, 0.05) is 11.8 Å². The van der Waals surface area contributed by atoms with Crippen LogP contribution in [0.15, 0.2) is 6.33 Å². The maximum Gasteiger partial charge on any atom is 0.150 e. The second kappa shape index (κ2) is 5.26. The lowest BCUT2D eigenvalue weighted by Gasteiger charge is -2.14. The molecule has 1 aromatic heterocycles. The largest absolute Gasteiger partial charge is 0.382 e. The number of nitrogens with one attached hydrogen (secondary N) is 1. The van der Waals surface area contributed by atoms with Crippen molar-refractivity contribution >= 4 is 35.0 Å². The van der Waals surface area contributed by atoms with Crippen LogP contribution >= 0.6 is 23.4 Å². The first-order valence-corrected chi connectivity index (χ1v) is 5.93. The molecule has 0 aliphatic rings. The lowest BCUT2D eigenvalue weighted by molar-refractivity contribution is 0.900. The average molecular weight is 233 g/mol. The van der Waals surface area contributed by atoms with Crippen LogP contribution in [0, 0.1) is 0 Å². The molecule has 78 valence electrons. The highest BCUT2D eigenvalue weighted by atomic mass is 35.5. The summed E-state index contributed by atoms with van der Waals surface area (Å²) < 4.78 is 0. The Balaban J connectivity index is 2.71. The minimum Gasteiger partial charge on any atom is -0.382 e. The smallest absolute Gasteiger partial charge is 0.150 e. The number of nitrogens with two attached hydrogens (primary N) is 1. The Morgan fingerprint density at radius 2 is 2.36 bits per heavy atom. The molecule has 0 amide bonds. The number of hydrogen-bond donors (Lipinski definition) is 2. The fourth-order valence-electron chi connectivity index (χ4n) is 1.01. The summed E-state index contributed by atoms with van der Waals surface area (Å²) in [5.41, 5.74) is 5.54. The van der Waals surface area contributed by atoms with E-state index in [9.17, 15) is 0 Å². The van der Waals surface area contributed by atoms with Crippen molar-refractivity contribution in [3.8, 4) is 0 Å². The molecule has 0 spiro atoms. The Bertz CT molecular complexity index is 307. The third-order valence-corrected chi connectivity index (χ3v) is 2.82. The molecule has 0 unspecified atom stereocenters. The SMILES string of the molecule is CSC[C@H](C)Nc1ncnc(N)c1Cl. The van der Waals surface area contributed by atoms with Gasteiger partial charge in [0.25, 0.3) is 0 Å². The molecule has 6 heteroatoms. The summed E-state index contributed by atoms with van der Waals surface area (Å²) in [5.74, 6) is 1.89. The van der Waals surface area contributed by atoms with E-state index in [1.54, 1.807) is 11.8 Å². The van der Waals surface area contributed by atoms with E-state index in [0.29, 0.717) is 22.7 Å². The lowest BCUT2D eigenvalue weighted by Crippen LogP contribution is -2.19. The lowest BCUT2D eigenvalue weighted by atomic mass is 10.4. The van der Waals surface area contributed by atoms with Crippen LogP contribution in [0.4, 0.5) is 11.6 Å². The maximum absolute atomic E-state index is 5.92. The van der Waals surface area contributed by atoms with Crippen LogP contribution in [0.3, 0.4) is 0 Å². The van der Waals surface area contributed by atoms with Crippen molar-refractivity contribution in [3.05, 3.63) is 11.3 Å². The molecule has 0 radical (unpaired) electrons. The normalized spacial score (nSPS) is 12.5. The van der Waals surface area contributed by atoms with Crippen LogP contribution in [0.5, 0.6) is 0 Å². The van der Waals surface area contributed by atoms with Gasteiger partial charge in [0.1, 0.15) is 17.2 Å². The van der Waals surface area contributed by atoms with Gasteiger partial charge in [0.15, 0.2) is 5.82 Å². The number of aromatic nitrogens is 2. The molecular weight excluding hydrogens is 220 g/mol. The fraction of sp³-hybridized carbons (Fsp3) is 0.500. The van der Waals surface area contributed by atoms with Gasteiger partial charge in [-0.3, -0.25) is 0 Å². The van der Waals surface area contributed by atoms with Crippen molar-refractivity contribution in [2.45, 2.75) is 13.0 Å². The van der Waals surface area contributed by atoms with E-state index in [-0.39, 0.29) is 0 Å². The van der Waals surface area contributed by atoms with Gasteiger partial charge in [-0.15, -0.1) is 0 Å². The van der Waals surface area contributed by atoms with Crippen molar-refractivity contribution < 1.29 is 0 Å². The summed E-state index contributed by atoms with van der Waals surface area (Å²) in [6.45, 7) is 2.06. The average Bonchev–Trinajstić information content (AvgIpc) is 2.13. The van der Waals surface area contributed by atoms with Gasteiger partial charge in [0.2, 0.25) is 0 Å². The van der Waals surface area contributed by atoms with Gasteiger partial charge in [-0.25, -0.2) is 9.97 Å². The van der Waals surface area contributed by atoms with Crippen LogP contribution in [-0.2, 0) is 0 Å².